The molecule has 3 rings (SSSR count). The summed E-state index contributed by atoms with van der Waals surface area (Å²) in [6.07, 6.45) is 5.38. The molecule has 23 heavy (non-hydrogen) atoms. The van der Waals surface area contributed by atoms with Crippen molar-refractivity contribution >= 4 is 5.97 Å². The smallest absolute Gasteiger partial charge is 0.320 e. The van der Waals surface area contributed by atoms with Gasteiger partial charge in [0, 0.05) is 12.6 Å². The van der Waals surface area contributed by atoms with E-state index in [9.17, 15) is 9.90 Å². The highest BCUT2D eigenvalue weighted by Gasteiger charge is 2.44. The molecule has 1 aliphatic heterocycles. The molecule has 1 saturated carbocycles. The summed E-state index contributed by atoms with van der Waals surface area (Å²) in [5.74, 6) is 0.335. The third-order valence-corrected chi connectivity index (χ3v) is 5.26. The minimum Gasteiger partial charge on any atom is -0.495 e. The Morgan fingerprint density at radius 1 is 1.43 bits per heavy atom. The average Bonchev–Trinajstić information content (AvgIpc) is 2.94. The van der Waals surface area contributed by atoms with Gasteiger partial charge in [0.2, 0.25) is 0 Å². The van der Waals surface area contributed by atoms with E-state index in [0.29, 0.717) is 29.8 Å². The number of likely N-dealkylation sites (tertiary alicyclic amines) is 1. The van der Waals surface area contributed by atoms with Crippen LogP contribution in [0.1, 0.15) is 43.2 Å². The Kier molecular flexibility index (Phi) is 4.53. The average molecular weight is 314 g/mol. The number of nitriles is 1. The molecule has 0 aromatic heterocycles. The highest BCUT2D eigenvalue weighted by molar-refractivity contribution is 5.74. The number of methoxy groups -OCH3 is 1. The van der Waals surface area contributed by atoms with Crippen molar-refractivity contribution in [1.82, 2.24) is 4.90 Å². The largest absolute Gasteiger partial charge is 0.495 e. The Hall–Kier alpha value is -2.06. The highest BCUT2D eigenvalue weighted by atomic mass is 16.5. The van der Waals surface area contributed by atoms with E-state index in [1.54, 1.807) is 13.2 Å². The molecule has 5 nitrogen and oxygen atoms in total. The molecule has 1 heterocycles. The molecule has 1 saturated heterocycles. The van der Waals surface area contributed by atoms with Gasteiger partial charge in [-0.1, -0.05) is 18.9 Å². The minimum absolute atomic E-state index is 0.367. The predicted octanol–water partition coefficient (Wildman–Crippen LogP) is 2.78. The fourth-order valence-corrected chi connectivity index (χ4v) is 4.16. The fourth-order valence-electron chi connectivity index (χ4n) is 4.16. The standard InChI is InChI=1S/C18H22N2O3/c1-23-17-8-12(6-7-14(17)10-19)11-20-15-5-3-2-4-13(15)9-16(20)18(21)22/h6-8,13,15-16H,2-5,9,11H2,1H3,(H,21,22). The first-order valence-corrected chi connectivity index (χ1v) is 8.19. The van der Waals surface area contributed by atoms with E-state index >= 15 is 0 Å². The van der Waals surface area contributed by atoms with Gasteiger partial charge < -0.3 is 9.84 Å². The second-order valence-corrected chi connectivity index (χ2v) is 6.52. The normalized spacial score (nSPS) is 27.2. The van der Waals surface area contributed by atoms with Crippen molar-refractivity contribution in [3.05, 3.63) is 29.3 Å². The first kappa shape index (κ1) is 15.8. The molecule has 0 radical (unpaired) electrons. The molecule has 3 unspecified atom stereocenters. The minimum atomic E-state index is -0.722. The van der Waals surface area contributed by atoms with Crippen LogP contribution in [0.4, 0.5) is 0 Å². The molecule has 5 heteroatoms. The molecule has 1 N–H and O–H groups in total. The van der Waals surface area contributed by atoms with Gasteiger partial charge in [0.25, 0.3) is 0 Å². The van der Waals surface area contributed by atoms with E-state index in [1.165, 1.54) is 12.8 Å². The quantitative estimate of drug-likeness (QED) is 0.925. The van der Waals surface area contributed by atoms with Crippen molar-refractivity contribution in [2.45, 2.75) is 50.7 Å². The molecule has 2 aliphatic rings. The summed E-state index contributed by atoms with van der Waals surface area (Å²) in [6.45, 7) is 0.597. The number of fused-ring (bicyclic) bond motifs is 1. The number of nitrogens with zero attached hydrogens (tertiary/aromatic N) is 2. The zero-order chi connectivity index (χ0) is 16.4. The van der Waals surface area contributed by atoms with Crippen LogP contribution in [-0.2, 0) is 11.3 Å². The van der Waals surface area contributed by atoms with Crippen LogP contribution in [0.3, 0.4) is 0 Å². The number of benzene rings is 1. The third kappa shape index (κ3) is 3.04. The maximum absolute atomic E-state index is 11.7. The highest BCUT2D eigenvalue weighted by Crippen LogP contribution is 2.40. The second-order valence-electron chi connectivity index (χ2n) is 6.52. The maximum Gasteiger partial charge on any atom is 0.320 e. The molecule has 1 aromatic carbocycles. The molecular formula is C18H22N2O3. The van der Waals surface area contributed by atoms with Crippen LogP contribution in [0.15, 0.2) is 18.2 Å². The van der Waals surface area contributed by atoms with Crippen molar-refractivity contribution in [3.8, 4) is 11.8 Å². The van der Waals surface area contributed by atoms with Crippen LogP contribution in [0.5, 0.6) is 5.75 Å². The van der Waals surface area contributed by atoms with Gasteiger partial charge in [-0.3, -0.25) is 9.69 Å². The molecule has 3 atom stereocenters. The number of aliphatic carboxylic acids is 1. The molecule has 0 bridgehead atoms. The first-order valence-electron chi connectivity index (χ1n) is 8.19. The zero-order valence-electron chi connectivity index (χ0n) is 13.4. The Morgan fingerprint density at radius 3 is 2.91 bits per heavy atom. The van der Waals surface area contributed by atoms with Crippen LogP contribution < -0.4 is 4.74 Å². The molecule has 1 aliphatic carbocycles. The zero-order valence-corrected chi connectivity index (χ0v) is 13.4. The van der Waals surface area contributed by atoms with Gasteiger partial charge in [0.15, 0.2) is 0 Å². The third-order valence-electron chi connectivity index (χ3n) is 5.26. The predicted molar refractivity (Wildman–Crippen MR) is 85.0 cm³/mol. The van der Waals surface area contributed by atoms with E-state index in [-0.39, 0.29) is 0 Å². The van der Waals surface area contributed by atoms with Crippen LogP contribution in [0.25, 0.3) is 0 Å². The van der Waals surface area contributed by atoms with E-state index in [0.717, 1.165) is 24.8 Å². The van der Waals surface area contributed by atoms with Gasteiger partial charge in [-0.05, 0) is 42.9 Å². The summed E-state index contributed by atoms with van der Waals surface area (Å²) >= 11 is 0. The lowest BCUT2D eigenvalue weighted by Gasteiger charge is -2.33. The topological polar surface area (TPSA) is 73.6 Å². The molecule has 0 amide bonds. The Balaban J connectivity index is 1.84. The Morgan fingerprint density at radius 2 is 2.22 bits per heavy atom. The summed E-state index contributed by atoms with van der Waals surface area (Å²) in [5, 5.41) is 18.7. The lowest BCUT2D eigenvalue weighted by Crippen LogP contribution is -2.41. The second kappa shape index (κ2) is 6.59. The number of rotatable bonds is 4. The number of carboxylic acid groups (broad SMARTS) is 1. The molecule has 1 aromatic rings. The van der Waals surface area contributed by atoms with Crippen LogP contribution in [-0.4, -0.2) is 35.2 Å². The number of hydrogen-bond donors (Lipinski definition) is 1. The molecule has 0 spiro atoms. The Labute approximate surface area is 136 Å². The summed E-state index contributed by atoms with van der Waals surface area (Å²) in [7, 11) is 1.55. The van der Waals surface area contributed by atoms with Crippen molar-refractivity contribution in [1.29, 1.82) is 5.26 Å². The molecule has 122 valence electrons. The SMILES string of the molecule is COc1cc(CN2C(C(=O)O)CC3CCCCC32)ccc1C#N. The van der Waals surface area contributed by atoms with Crippen molar-refractivity contribution in [2.24, 2.45) is 5.92 Å². The van der Waals surface area contributed by atoms with Crippen molar-refractivity contribution in [2.75, 3.05) is 7.11 Å². The number of carboxylic acids is 1. The summed E-state index contributed by atoms with van der Waals surface area (Å²) in [5.41, 5.74) is 1.50. The Bertz CT molecular complexity index is 638. The van der Waals surface area contributed by atoms with E-state index in [1.807, 2.05) is 12.1 Å². The van der Waals surface area contributed by atoms with Gasteiger partial charge >= 0.3 is 5.97 Å². The van der Waals surface area contributed by atoms with Gasteiger partial charge in [0.05, 0.1) is 12.7 Å². The van der Waals surface area contributed by atoms with E-state index in [2.05, 4.69) is 11.0 Å². The van der Waals surface area contributed by atoms with E-state index in [4.69, 9.17) is 10.00 Å². The maximum atomic E-state index is 11.7. The van der Waals surface area contributed by atoms with Gasteiger partial charge in [-0.2, -0.15) is 5.26 Å². The molecule has 2 fully saturated rings. The fraction of sp³-hybridized carbons (Fsp3) is 0.556. The van der Waals surface area contributed by atoms with Crippen molar-refractivity contribution in [3.63, 3.8) is 0 Å². The summed E-state index contributed by atoms with van der Waals surface area (Å²) in [6, 6.07) is 7.58. The van der Waals surface area contributed by atoms with Crippen LogP contribution in [0, 0.1) is 17.2 Å². The lowest BCUT2D eigenvalue weighted by molar-refractivity contribution is -0.142. The first-order chi connectivity index (χ1) is 11.1. The monoisotopic (exact) mass is 314 g/mol. The number of carbonyl (C=O) groups is 1. The number of ether oxygens (including phenoxy) is 1. The van der Waals surface area contributed by atoms with Crippen LogP contribution >= 0.6 is 0 Å². The van der Waals surface area contributed by atoms with E-state index < -0.39 is 12.0 Å². The van der Waals surface area contributed by atoms with Gasteiger partial charge in [-0.25, -0.2) is 0 Å². The van der Waals surface area contributed by atoms with Gasteiger partial charge in [0.1, 0.15) is 17.9 Å². The van der Waals surface area contributed by atoms with Gasteiger partial charge in [-0.15, -0.1) is 0 Å². The lowest BCUT2D eigenvalue weighted by atomic mass is 9.84. The van der Waals surface area contributed by atoms with Crippen molar-refractivity contribution < 1.29 is 14.6 Å². The molecular weight excluding hydrogens is 292 g/mol. The summed E-state index contributed by atoms with van der Waals surface area (Å²) < 4.78 is 5.26. The van der Waals surface area contributed by atoms with Crippen LogP contribution in [0.2, 0.25) is 0 Å². The summed E-state index contributed by atoms with van der Waals surface area (Å²) in [4.78, 5) is 13.8. The number of hydrogen-bond acceptors (Lipinski definition) is 4.